The van der Waals surface area contributed by atoms with Crippen molar-refractivity contribution in [1.82, 2.24) is 5.32 Å². The minimum atomic E-state index is -0.314. The highest BCUT2D eigenvalue weighted by molar-refractivity contribution is 5.99. The Kier molecular flexibility index (Phi) is 3.47. The first-order chi connectivity index (χ1) is 7.77. The van der Waals surface area contributed by atoms with Crippen LogP contribution < -0.4 is 5.32 Å². The molecule has 0 spiro atoms. The molecule has 3 heteroatoms. The van der Waals surface area contributed by atoms with Gasteiger partial charge in [-0.1, -0.05) is 12.2 Å². The van der Waals surface area contributed by atoms with Crippen molar-refractivity contribution >= 4 is 5.78 Å². The quantitative estimate of drug-likeness (QED) is 0.610. The Labute approximate surface area is 94.2 Å². The molecule has 0 aliphatic carbocycles. The molecule has 1 N–H and O–H groups in total. The minimum Gasteiger partial charge on any atom is -0.315 e. The Morgan fingerprint density at radius 1 is 1.31 bits per heavy atom. The van der Waals surface area contributed by atoms with E-state index in [4.69, 9.17) is 0 Å². The molecule has 0 amide bonds. The number of halogens is 1. The van der Waals surface area contributed by atoms with Crippen LogP contribution in [0.4, 0.5) is 4.39 Å². The number of carbonyl (C=O) groups is 1. The summed E-state index contributed by atoms with van der Waals surface area (Å²) in [5.41, 5.74) is 0.569. The molecule has 1 aliphatic rings. The summed E-state index contributed by atoms with van der Waals surface area (Å²) in [6.07, 6.45) is 4.91. The fourth-order valence-corrected chi connectivity index (χ4v) is 1.78. The number of carbonyl (C=O) groups excluding carboxylic acids is 1. The first-order valence-corrected chi connectivity index (χ1v) is 5.44. The second-order valence-corrected chi connectivity index (χ2v) is 3.90. The van der Waals surface area contributed by atoms with Crippen molar-refractivity contribution in [3.05, 3.63) is 47.8 Å². The topological polar surface area (TPSA) is 29.1 Å². The summed E-state index contributed by atoms with van der Waals surface area (Å²) in [5, 5.41) is 3.20. The number of ketones is 1. The third-order valence-corrected chi connectivity index (χ3v) is 2.69. The molecule has 0 saturated heterocycles. The third-order valence-electron chi connectivity index (χ3n) is 2.69. The molecule has 0 fully saturated rings. The number of hydrogen-bond acceptors (Lipinski definition) is 2. The van der Waals surface area contributed by atoms with Gasteiger partial charge in [-0.25, -0.2) is 4.39 Å². The molecule has 1 unspecified atom stereocenters. The van der Waals surface area contributed by atoms with E-state index >= 15 is 0 Å². The van der Waals surface area contributed by atoms with Gasteiger partial charge in [0, 0.05) is 12.1 Å². The van der Waals surface area contributed by atoms with E-state index in [0.29, 0.717) is 12.1 Å². The first kappa shape index (κ1) is 11.0. The van der Waals surface area contributed by atoms with Crippen LogP contribution in [0.1, 0.15) is 16.8 Å². The molecule has 0 aromatic heterocycles. The van der Waals surface area contributed by atoms with Gasteiger partial charge in [0.25, 0.3) is 0 Å². The average molecular weight is 219 g/mol. The number of benzene rings is 1. The van der Waals surface area contributed by atoms with Crippen molar-refractivity contribution in [3.8, 4) is 0 Å². The van der Waals surface area contributed by atoms with Crippen molar-refractivity contribution in [2.75, 3.05) is 13.1 Å². The van der Waals surface area contributed by atoms with Crippen molar-refractivity contribution in [1.29, 1.82) is 0 Å². The lowest BCUT2D eigenvalue weighted by atomic mass is 9.97. The fourth-order valence-electron chi connectivity index (χ4n) is 1.78. The van der Waals surface area contributed by atoms with Crippen LogP contribution >= 0.6 is 0 Å². The van der Waals surface area contributed by atoms with Crippen LogP contribution in [0.3, 0.4) is 0 Å². The van der Waals surface area contributed by atoms with Crippen molar-refractivity contribution in [3.63, 3.8) is 0 Å². The molecule has 0 radical (unpaired) electrons. The van der Waals surface area contributed by atoms with Crippen LogP contribution in [-0.4, -0.2) is 18.9 Å². The number of Topliss-reactive ketones (excluding diaryl/α,β-unsaturated/α-hetero) is 1. The van der Waals surface area contributed by atoms with E-state index in [-0.39, 0.29) is 17.5 Å². The molecular formula is C13H14FNO. The lowest BCUT2D eigenvalue weighted by Crippen LogP contribution is -2.26. The molecular weight excluding hydrogens is 205 g/mol. The Hall–Kier alpha value is -1.48. The molecule has 1 atom stereocenters. The smallest absolute Gasteiger partial charge is 0.170 e. The van der Waals surface area contributed by atoms with Crippen LogP contribution in [0.5, 0.6) is 0 Å². The van der Waals surface area contributed by atoms with E-state index < -0.39 is 0 Å². The van der Waals surface area contributed by atoms with E-state index in [0.717, 1.165) is 13.0 Å². The van der Waals surface area contributed by atoms with Crippen LogP contribution in [-0.2, 0) is 0 Å². The van der Waals surface area contributed by atoms with E-state index in [1.54, 1.807) is 0 Å². The Balaban J connectivity index is 2.14. The summed E-state index contributed by atoms with van der Waals surface area (Å²) in [6, 6.07) is 5.72. The van der Waals surface area contributed by atoms with Crippen molar-refractivity contribution < 1.29 is 9.18 Å². The highest BCUT2D eigenvalue weighted by Crippen LogP contribution is 2.12. The van der Waals surface area contributed by atoms with Gasteiger partial charge in [0.1, 0.15) is 5.82 Å². The Morgan fingerprint density at radius 2 is 2.06 bits per heavy atom. The summed E-state index contributed by atoms with van der Waals surface area (Å²) in [4.78, 5) is 12.1. The van der Waals surface area contributed by atoms with Gasteiger partial charge in [0.05, 0.1) is 5.92 Å². The first-order valence-electron chi connectivity index (χ1n) is 5.44. The molecule has 0 saturated carbocycles. The van der Waals surface area contributed by atoms with Gasteiger partial charge < -0.3 is 5.32 Å². The lowest BCUT2D eigenvalue weighted by Gasteiger charge is -2.10. The maximum atomic E-state index is 12.7. The number of rotatable bonds is 2. The fraction of sp³-hybridized carbons (Fsp3) is 0.308. The Morgan fingerprint density at radius 3 is 2.81 bits per heavy atom. The summed E-state index contributed by atoms with van der Waals surface area (Å²) in [5.74, 6) is -0.398. The molecule has 1 aromatic rings. The number of nitrogens with one attached hydrogen (secondary N) is 1. The Bertz CT molecular complexity index is 397. The van der Waals surface area contributed by atoms with Crippen molar-refractivity contribution in [2.24, 2.45) is 5.92 Å². The van der Waals surface area contributed by atoms with Gasteiger partial charge in [-0.15, -0.1) is 0 Å². The van der Waals surface area contributed by atoms with Gasteiger partial charge in [-0.3, -0.25) is 4.79 Å². The van der Waals surface area contributed by atoms with Gasteiger partial charge in [0.2, 0.25) is 0 Å². The van der Waals surface area contributed by atoms with Crippen LogP contribution in [0, 0.1) is 11.7 Å². The molecule has 1 aliphatic heterocycles. The molecule has 1 aromatic carbocycles. The van der Waals surface area contributed by atoms with E-state index in [9.17, 15) is 9.18 Å². The van der Waals surface area contributed by atoms with Crippen LogP contribution in [0.2, 0.25) is 0 Å². The predicted octanol–water partition coefficient (Wildman–Crippen LogP) is 2.17. The molecule has 2 nitrogen and oxygen atoms in total. The van der Waals surface area contributed by atoms with Gasteiger partial charge in [0.15, 0.2) is 5.78 Å². The molecule has 1 heterocycles. The normalized spacial score (nSPS) is 20.4. The van der Waals surface area contributed by atoms with Gasteiger partial charge >= 0.3 is 0 Å². The zero-order valence-corrected chi connectivity index (χ0v) is 8.95. The van der Waals surface area contributed by atoms with Crippen LogP contribution in [0.25, 0.3) is 0 Å². The summed E-state index contributed by atoms with van der Waals surface area (Å²) >= 11 is 0. The summed E-state index contributed by atoms with van der Waals surface area (Å²) in [6.45, 7) is 1.57. The van der Waals surface area contributed by atoms with E-state index in [2.05, 4.69) is 5.32 Å². The second kappa shape index (κ2) is 5.03. The van der Waals surface area contributed by atoms with Crippen molar-refractivity contribution in [2.45, 2.75) is 6.42 Å². The lowest BCUT2D eigenvalue weighted by molar-refractivity contribution is 0.0945. The SMILES string of the molecule is O=C(c1ccc(F)cc1)C1C=CCCNC1. The average Bonchev–Trinajstić information content (AvgIpc) is 2.57. The molecule has 16 heavy (non-hydrogen) atoms. The minimum absolute atomic E-state index is 0.0469. The standard InChI is InChI=1S/C13H14FNO/c14-12-6-4-10(5-7-12)13(16)11-3-1-2-8-15-9-11/h1,3-7,11,15H,2,8-9H2. The third kappa shape index (κ3) is 2.55. The van der Waals surface area contributed by atoms with E-state index in [1.165, 1.54) is 24.3 Å². The van der Waals surface area contributed by atoms with Crippen LogP contribution in [0.15, 0.2) is 36.4 Å². The number of hydrogen-bond donors (Lipinski definition) is 1. The van der Waals surface area contributed by atoms with Gasteiger partial charge in [-0.05, 0) is 37.2 Å². The van der Waals surface area contributed by atoms with Gasteiger partial charge in [-0.2, -0.15) is 0 Å². The highest BCUT2D eigenvalue weighted by atomic mass is 19.1. The highest BCUT2D eigenvalue weighted by Gasteiger charge is 2.17. The monoisotopic (exact) mass is 219 g/mol. The molecule has 0 bridgehead atoms. The zero-order valence-electron chi connectivity index (χ0n) is 8.95. The maximum absolute atomic E-state index is 12.7. The summed E-state index contributed by atoms with van der Waals surface area (Å²) < 4.78 is 12.7. The predicted molar refractivity (Wildman–Crippen MR) is 60.8 cm³/mol. The molecule has 84 valence electrons. The maximum Gasteiger partial charge on any atom is 0.170 e. The summed E-state index contributed by atoms with van der Waals surface area (Å²) in [7, 11) is 0. The second-order valence-electron chi connectivity index (χ2n) is 3.90. The molecule has 2 rings (SSSR count). The van der Waals surface area contributed by atoms with E-state index in [1.807, 2.05) is 12.2 Å². The zero-order chi connectivity index (χ0) is 11.4. The largest absolute Gasteiger partial charge is 0.315 e.